The van der Waals surface area contributed by atoms with Gasteiger partial charge in [-0.2, -0.15) is 0 Å². The van der Waals surface area contributed by atoms with E-state index in [9.17, 15) is 9.59 Å². The minimum absolute atomic E-state index is 0.0935. The van der Waals surface area contributed by atoms with Gasteiger partial charge in [0.2, 0.25) is 0 Å². The summed E-state index contributed by atoms with van der Waals surface area (Å²) in [6.45, 7) is 2.57. The number of nitrogen functional groups attached to an aromatic ring is 1. The maximum atomic E-state index is 12.3. The zero-order valence-electron chi connectivity index (χ0n) is 11.6. The van der Waals surface area contributed by atoms with Crippen LogP contribution in [0.5, 0.6) is 0 Å². The summed E-state index contributed by atoms with van der Waals surface area (Å²) >= 11 is 1.60. The number of nitrogens with zero attached hydrogens (tertiary/aromatic N) is 2. The van der Waals surface area contributed by atoms with Crippen molar-refractivity contribution in [2.45, 2.75) is 20.0 Å². The fourth-order valence-corrected chi connectivity index (χ4v) is 3.32. The third kappa shape index (κ3) is 2.27. The highest BCUT2D eigenvalue weighted by molar-refractivity contribution is 7.17. The standard InChI is InChI=1S/C15H15N3O2S/c1-2-17-8-12(16)14(19)18(15(17)20)7-10-9-21-13-6-4-3-5-11(10)13/h3-6,8-9H,2,7,16H2,1H3. The Bertz CT molecular complexity index is 921. The van der Waals surface area contributed by atoms with Crippen molar-refractivity contribution in [3.05, 3.63) is 62.2 Å². The molecule has 0 aliphatic heterocycles. The summed E-state index contributed by atoms with van der Waals surface area (Å²) in [7, 11) is 0. The summed E-state index contributed by atoms with van der Waals surface area (Å²) in [6.07, 6.45) is 1.41. The molecular formula is C15H15N3O2S. The molecule has 2 N–H and O–H groups in total. The molecule has 0 aliphatic carbocycles. The SMILES string of the molecule is CCn1cc(N)c(=O)n(Cc2csc3ccccc23)c1=O. The molecule has 0 fully saturated rings. The normalized spacial score (nSPS) is 11.1. The topological polar surface area (TPSA) is 70.0 Å². The molecule has 1 aromatic carbocycles. The molecule has 2 aromatic heterocycles. The van der Waals surface area contributed by atoms with Gasteiger partial charge in [0.25, 0.3) is 5.56 Å². The second kappa shape index (κ2) is 5.21. The average molecular weight is 301 g/mol. The fraction of sp³-hybridized carbons (Fsp3) is 0.200. The summed E-state index contributed by atoms with van der Waals surface area (Å²) in [4.78, 5) is 24.5. The summed E-state index contributed by atoms with van der Waals surface area (Å²) in [5.41, 5.74) is 6.01. The molecule has 3 aromatic rings. The third-order valence-electron chi connectivity index (χ3n) is 3.49. The van der Waals surface area contributed by atoms with Gasteiger partial charge in [-0.05, 0) is 29.3 Å². The Morgan fingerprint density at radius 2 is 2.00 bits per heavy atom. The van der Waals surface area contributed by atoms with E-state index in [-0.39, 0.29) is 17.9 Å². The third-order valence-corrected chi connectivity index (χ3v) is 4.51. The number of aryl methyl sites for hydroxylation is 1. The molecule has 21 heavy (non-hydrogen) atoms. The minimum Gasteiger partial charge on any atom is -0.393 e. The Balaban J connectivity index is 2.16. The lowest BCUT2D eigenvalue weighted by atomic mass is 10.2. The van der Waals surface area contributed by atoms with Gasteiger partial charge >= 0.3 is 5.69 Å². The van der Waals surface area contributed by atoms with Crippen LogP contribution in [0.15, 0.2) is 45.4 Å². The van der Waals surface area contributed by atoms with E-state index in [0.29, 0.717) is 6.54 Å². The molecule has 3 rings (SSSR count). The van der Waals surface area contributed by atoms with Gasteiger partial charge in [-0.1, -0.05) is 18.2 Å². The van der Waals surface area contributed by atoms with Crippen molar-refractivity contribution >= 4 is 27.1 Å². The van der Waals surface area contributed by atoms with Crippen molar-refractivity contribution in [2.75, 3.05) is 5.73 Å². The van der Waals surface area contributed by atoms with Crippen LogP contribution in [0.2, 0.25) is 0 Å². The van der Waals surface area contributed by atoms with E-state index < -0.39 is 5.56 Å². The Morgan fingerprint density at radius 3 is 2.76 bits per heavy atom. The first-order valence-corrected chi connectivity index (χ1v) is 7.54. The van der Waals surface area contributed by atoms with Crippen LogP contribution in [0.4, 0.5) is 5.69 Å². The predicted octanol–water partition coefficient (Wildman–Crippen LogP) is 1.88. The summed E-state index contributed by atoms with van der Waals surface area (Å²) in [6, 6.07) is 7.94. The molecule has 0 atom stereocenters. The lowest BCUT2D eigenvalue weighted by Crippen LogP contribution is -2.40. The smallest absolute Gasteiger partial charge is 0.331 e. The molecule has 108 valence electrons. The second-order valence-electron chi connectivity index (χ2n) is 4.80. The number of rotatable bonds is 3. The predicted molar refractivity (Wildman–Crippen MR) is 86.0 cm³/mol. The van der Waals surface area contributed by atoms with E-state index in [0.717, 1.165) is 15.6 Å². The maximum Gasteiger partial charge on any atom is 0.331 e. The molecule has 0 spiro atoms. The first-order valence-electron chi connectivity index (χ1n) is 6.66. The molecule has 0 bridgehead atoms. The summed E-state index contributed by atoms with van der Waals surface area (Å²) < 4.78 is 3.79. The Morgan fingerprint density at radius 1 is 1.24 bits per heavy atom. The second-order valence-corrected chi connectivity index (χ2v) is 5.71. The number of thiophene rings is 1. The lowest BCUT2D eigenvalue weighted by Gasteiger charge is -2.09. The molecule has 0 radical (unpaired) electrons. The van der Waals surface area contributed by atoms with E-state index in [2.05, 4.69) is 0 Å². The molecule has 0 amide bonds. The van der Waals surface area contributed by atoms with E-state index in [1.54, 1.807) is 11.3 Å². The molecular weight excluding hydrogens is 286 g/mol. The van der Waals surface area contributed by atoms with Gasteiger partial charge < -0.3 is 5.73 Å². The van der Waals surface area contributed by atoms with Crippen molar-refractivity contribution in [1.82, 2.24) is 9.13 Å². The molecule has 0 saturated carbocycles. The van der Waals surface area contributed by atoms with Crippen LogP contribution < -0.4 is 17.0 Å². The van der Waals surface area contributed by atoms with Crippen LogP contribution >= 0.6 is 11.3 Å². The minimum atomic E-state index is -0.431. The van der Waals surface area contributed by atoms with E-state index in [4.69, 9.17) is 5.73 Å². The number of nitrogens with two attached hydrogens (primary N) is 1. The molecule has 0 saturated heterocycles. The number of aromatic nitrogens is 2. The largest absolute Gasteiger partial charge is 0.393 e. The zero-order valence-corrected chi connectivity index (χ0v) is 12.4. The van der Waals surface area contributed by atoms with Crippen molar-refractivity contribution in [1.29, 1.82) is 0 Å². The van der Waals surface area contributed by atoms with Gasteiger partial charge in [-0.25, -0.2) is 4.79 Å². The molecule has 0 unspecified atom stereocenters. The van der Waals surface area contributed by atoms with E-state index >= 15 is 0 Å². The number of anilines is 1. The van der Waals surface area contributed by atoms with Gasteiger partial charge in [0.1, 0.15) is 5.69 Å². The zero-order chi connectivity index (χ0) is 15.0. The average Bonchev–Trinajstić information content (AvgIpc) is 2.90. The molecule has 2 heterocycles. The monoisotopic (exact) mass is 301 g/mol. The van der Waals surface area contributed by atoms with Gasteiger partial charge in [0, 0.05) is 17.4 Å². The highest BCUT2D eigenvalue weighted by Gasteiger charge is 2.11. The van der Waals surface area contributed by atoms with Crippen LogP contribution in [0, 0.1) is 0 Å². The molecule has 6 heteroatoms. The van der Waals surface area contributed by atoms with E-state index in [1.807, 2.05) is 36.6 Å². The quantitative estimate of drug-likeness (QED) is 0.803. The lowest BCUT2D eigenvalue weighted by molar-refractivity contribution is 0.605. The van der Waals surface area contributed by atoms with Crippen LogP contribution in [0.25, 0.3) is 10.1 Å². The highest BCUT2D eigenvalue weighted by atomic mass is 32.1. The van der Waals surface area contributed by atoms with Crippen molar-refractivity contribution in [2.24, 2.45) is 0 Å². The van der Waals surface area contributed by atoms with Crippen LogP contribution in [-0.2, 0) is 13.1 Å². The first kappa shape index (κ1) is 13.6. The maximum absolute atomic E-state index is 12.3. The summed E-state index contributed by atoms with van der Waals surface area (Å²) in [5.74, 6) is 0. The Labute approximate surface area is 124 Å². The van der Waals surface area contributed by atoms with Gasteiger partial charge in [0.15, 0.2) is 0 Å². The highest BCUT2D eigenvalue weighted by Crippen LogP contribution is 2.25. The van der Waals surface area contributed by atoms with Crippen molar-refractivity contribution in [3.8, 4) is 0 Å². The van der Waals surface area contributed by atoms with E-state index in [1.165, 1.54) is 15.3 Å². The first-order chi connectivity index (χ1) is 10.1. The van der Waals surface area contributed by atoms with Crippen molar-refractivity contribution in [3.63, 3.8) is 0 Å². The van der Waals surface area contributed by atoms with Crippen LogP contribution in [-0.4, -0.2) is 9.13 Å². The summed E-state index contributed by atoms with van der Waals surface area (Å²) in [5, 5.41) is 3.05. The van der Waals surface area contributed by atoms with Gasteiger partial charge in [-0.15, -0.1) is 11.3 Å². The molecule has 5 nitrogen and oxygen atoms in total. The van der Waals surface area contributed by atoms with Gasteiger partial charge in [-0.3, -0.25) is 13.9 Å². The number of hydrogen-bond acceptors (Lipinski definition) is 4. The van der Waals surface area contributed by atoms with Crippen LogP contribution in [0.1, 0.15) is 12.5 Å². The van der Waals surface area contributed by atoms with Gasteiger partial charge in [0.05, 0.1) is 6.54 Å². The van der Waals surface area contributed by atoms with Crippen LogP contribution in [0.3, 0.4) is 0 Å². The Kier molecular flexibility index (Phi) is 3.39. The molecule has 0 aliphatic rings. The Hall–Kier alpha value is -2.34. The number of fused-ring (bicyclic) bond motifs is 1. The number of hydrogen-bond donors (Lipinski definition) is 1. The fourth-order valence-electron chi connectivity index (χ4n) is 2.37. The van der Waals surface area contributed by atoms with Crippen molar-refractivity contribution < 1.29 is 0 Å². The number of benzene rings is 1.